The van der Waals surface area contributed by atoms with Crippen molar-refractivity contribution in [3.05, 3.63) is 54.1 Å². The molecule has 0 bridgehead atoms. The van der Waals surface area contributed by atoms with Crippen molar-refractivity contribution in [2.75, 3.05) is 13.1 Å². The fourth-order valence-electron chi connectivity index (χ4n) is 3.15. The molecule has 1 heterocycles. The van der Waals surface area contributed by atoms with Crippen LogP contribution >= 0.6 is 0 Å². The lowest BCUT2D eigenvalue weighted by molar-refractivity contribution is -0.143. The summed E-state index contributed by atoms with van der Waals surface area (Å²) in [5, 5.41) is 8.86. The first-order valence-electron chi connectivity index (χ1n) is 9.25. The number of hydrogen-bond donors (Lipinski definition) is 0. The van der Waals surface area contributed by atoms with Gasteiger partial charge in [0.25, 0.3) is 0 Å². The van der Waals surface area contributed by atoms with Crippen LogP contribution in [0.2, 0.25) is 0 Å². The van der Waals surface area contributed by atoms with E-state index in [0.29, 0.717) is 24.3 Å². The van der Waals surface area contributed by atoms with Gasteiger partial charge in [0.2, 0.25) is 5.91 Å². The van der Waals surface area contributed by atoms with Crippen LogP contribution in [-0.4, -0.2) is 29.9 Å². The summed E-state index contributed by atoms with van der Waals surface area (Å²) in [4.78, 5) is 25.9. The van der Waals surface area contributed by atoms with Crippen molar-refractivity contribution >= 4 is 11.9 Å². The Morgan fingerprint density at radius 3 is 2.26 bits per heavy atom. The molecule has 5 nitrogen and oxygen atoms in total. The summed E-state index contributed by atoms with van der Waals surface area (Å²) in [6.45, 7) is 0.613. The Morgan fingerprint density at radius 1 is 0.963 bits per heavy atom. The van der Waals surface area contributed by atoms with Crippen molar-refractivity contribution in [1.29, 1.82) is 5.26 Å². The summed E-state index contributed by atoms with van der Waals surface area (Å²) >= 11 is 0. The molecule has 0 atom stereocenters. The highest BCUT2D eigenvalue weighted by atomic mass is 16.5. The van der Waals surface area contributed by atoms with Gasteiger partial charge in [-0.3, -0.25) is 4.79 Å². The molecular formula is C22H22N2O3. The predicted octanol–water partition coefficient (Wildman–Crippen LogP) is 3.92. The van der Waals surface area contributed by atoms with Gasteiger partial charge >= 0.3 is 5.97 Å². The molecule has 0 radical (unpaired) electrons. The third kappa shape index (κ3) is 5.18. The molecule has 1 amide bonds. The topological polar surface area (TPSA) is 70.4 Å². The maximum atomic E-state index is 12.2. The minimum atomic E-state index is -0.421. The molecule has 0 saturated carbocycles. The molecule has 27 heavy (non-hydrogen) atoms. The molecule has 1 aliphatic heterocycles. The molecule has 3 rings (SSSR count). The first-order chi connectivity index (χ1) is 13.2. The average Bonchev–Trinajstić information content (AvgIpc) is 2.68. The minimum absolute atomic E-state index is 0.00376. The Hall–Kier alpha value is -3.13. The molecule has 1 fully saturated rings. The van der Waals surface area contributed by atoms with E-state index in [2.05, 4.69) is 6.07 Å². The van der Waals surface area contributed by atoms with E-state index in [9.17, 15) is 9.59 Å². The third-order valence-electron chi connectivity index (χ3n) is 4.67. The summed E-state index contributed by atoms with van der Waals surface area (Å²) in [5.74, 6) is 0.0646. The van der Waals surface area contributed by atoms with Gasteiger partial charge < -0.3 is 9.64 Å². The number of amides is 1. The highest BCUT2D eigenvalue weighted by Crippen LogP contribution is 2.23. The lowest BCUT2D eigenvalue weighted by Gasteiger charge is -2.23. The summed E-state index contributed by atoms with van der Waals surface area (Å²) < 4.78 is 5.39. The lowest BCUT2D eigenvalue weighted by atomic mass is 10.0. The number of rotatable bonds is 4. The SMILES string of the molecule is N#Cc1ccc(-c2ccc(OC(=O)CN3CCCCCCC3=O)cc2)cc1. The van der Waals surface area contributed by atoms with E-state index in [4.69, 9.17) is 10.00 Å². The van der Waals surface area contributed by atoms with Crippen molar-refractivity contribution in [3.63, 3.8) is 0 Å². The van der Waals surface area contributed by atoms with E-state index in [0.717, 1.165) is 36.8 Å². The molecule has 2 aromatic carbocycles. The molecule has 0 N–H and O–H groups in total. The van der Waals surface area contributed by atoms with Crippen molar-refractivity contribution < 1.29 is 14.3 Å². The molecular weight excluding hydrogens is 340 g/mol. The van der Waals surface area contributed by atoms with Crippen LogP contribution in [0.25, 0.3) is 11.1 Å². The van der Waals surface area contributed by atoms with Crippen molar-refractivity contribution in [2.45, 2.75) is 32.1 Å². The first-order valence-corrected chi connectivity index (χ1v) is 9.25. The number of carbonyl (C=O) groups is 2. The largest absolute Gasteiger partial charge is 0.425 e. The summed E-state index contributed by atoms with van der Waals surface area (Å²) in [7, 11) is 0. The van der Waals surface area contributed by atoms with Crippen LogP contribution < -0.4 is 4.74 Å². The third-order valence-corrected chi connectivity index (χ3v) is 4.67. The number of nitrogens with zero attached hydrogens (tertiary/aromatic N) is 2. The van der Waals surface area contributed by atoms with E-state index in [-0.39, 0.29) is 12.5 Å². The van der Waals surface area contributed by atoms with Crippen LogP contribution in [0.3, 0.4) is 0 Å². The van der Waals surface area contributed by atoms with Gasteiger partial charge in [0.1, 0.15) is 12.3 Å². The molecule has 1 aliphatic rings. The highest BCUT2D eigenvalue weighted by molar-refractivity contribution is 5.83. The summed E-state index contributed by atoms with van der Waals surface area (Å²) in [5.41, 5.74) is 2.57. The zero-order valence-corrected chi connectivity index (χ0v) is 15.2. The van der Waals surface area contributed by atoms with Crippen molar-refractivity contribution in [3.8, 4) is 22.9 Å². The zero-order valence-electron chi connectivity index (χ0n) is 15.2. The normalized spacial score (nSPS) is 14.8. The van der Waals surface area contributed by atoms with Crippen molar-refractivity contribution in [1.82, 2.24) is 4.90 Å². The molecule has 1 saturated heterocycles. The van der Waals surface area contributed by atoms with Crippen LogP contribution in [-0.2, 0) is 9.59 Å². The number of esters is 1. The smallest absolute Gasteiger partial charge is 0.331 e. The van der Waals surface area contributed by atoms with Gasteiger partial charge in [-0.1, -0.05) is 37.1 Å². The number of benzene rings is 2. The van der Waals surface area contributed by atoms with E-state index < -0.39 is 5.97 Å². The van der Waals surface area contributed by atoms with Gasteiger partial charge in [-0.25, -0.2) is 4.79 Å². The molecule has 2 aromatic rings. The number of ether oxygens (including phenoxy) is 1. The van der Waals surface area contributed by atoms with Crippen LogP contribution in [0, 0.1) is 11.3 Å². The standard InChI is InChI=1S/C22H22N2O3/c23-15-17-6-8-18(9-7-17)19-10-12-20(13-11-19)27-22(26)16-24-14-4-2-1-3-5-21(24)25/h6-13H,1-5,14,16H2. The van der Waals surface area contributed by atoms with E-state index in [1.807, 2.05) is 24.3 Å². The van der Waals surface area contributed by atoms with Gasteiger partial charge in [-0.05, 0) is 48.2 Å². The second-order valence-electron chi connectivity index (χ2n) is 6.67. The number of likely N-dealkylation sites (tertiary alicyclic amines) is 1. The Morgan fingerprint density at radius 2 is 1.59 bits per heavy atom. The quantitative estimate of drug-likeness (QED) is 0.610. The van der Waals surface area contributed by atoms with E-state index in [1.54, 1.807) is 29.2 Å². The predicted molar refractivity (Wildman–Crippen MR) is 102 cm³/mol. The van der Waals surface area contributed by atoms with E-state index >= 15 is 0 Å². The molecule has 0 aliphatic carbocycles. The van der Waals surface area contributed by atoms with Gasteiger partial charge in [-0.2, -0.15) is 5.26 Å². The maximum Gasteiger partial charge on any atom is 0.331 e. The fraction of sp³-hybridized carbons (Fsp3) is 0.318. The minimum Gasteiger partial charge on any atom is -0.425 e. The van der Waals surface area contributed by atoms with Gasteiger partial charge in [-0.15, -0.1) is 0 Å². The molecule has 5 heteroatoms. The molecule has 0 unspecified atom stereocenters. The Labute approximate surface area is 159 Å². The van der Waals surface area contributed by atoms with E-state index in [1.165, 1.54) is 0 Å². The monoisotopic (exact) mass is 362 g/mol. The van der Waals surface area contributed by atoms with Crippen LogP contribution in [0.4, 0.5) is 0 Å². The van der Waals surface area contributed by atoms with Crippen LogP contribution in [0.5, 0.6) is 5.75 Å². The summed E-state index contributed by atoms with van der Waals surface area (Å²) in [6, 6.07) is 16.6. The van der Waals surface area contributed by atoms with Crippen LogP contribution in [0.1, 0.15) is 37.7 Å². The molecule has 0 spiro atoms. The zero-order chi connectivity index (χ0) is 19.1. The number of nitriles is 1. The second kappa shape index (κ2) is 9.00. The number of carbonyl (C=O) groups excluding carboxylic acids is 2. The average molecular weight is 362 g/mol. The number of hydrogen-bond acceptors (Lipinski definition) is 4. The van der Waals surface area contributed by atoms with Crippen molar-refractivity contribution in [2.24, 2.45) is 0 Å². The van der Waals surface area contributed by atoms with Crippen LogP contribution in [0.15, 0.2) is 48.5 Å². The Kier molecular flexibility index (Phi) is 6.22. The Balaban J connectivity index is 1.59. The van der Waals surface area contributed by atoms with Gasteiger partial charge in [0.05, 0.1) is 11.6 Å². The second-order valence-corrected chi connectivity index (χ2v) is 6.67. The Bertz CT molecular complexity index is 835. The first kappa shape index (κ1) is 18.7. The molecule has 0 aromatic heterocycles. The molecule has 138 valence electrons. The fourth-order valence-corrected chi connectivity index (χ4v) is 3.15. The lowest BCUT2D eigenvalue weighted by Crippen LogP contribution is -2.38. The maximum absolute atomic E-state index is 12.2. The highest BCUT2D eigenvalue weighted by Gasteiger charge is 2.19. The van der Waals surface area contributed by atoms with Gasteiger partial charge in [0, 0.05) is 13.0 Å². The van der Waals surface area contributed by atoms with Gasteiger partial charge in [0.15, 0.2) is 0 Å². The summed E-state index contributed by atoms with van der Waals surface area (Å²) in [6.07, 6.45) is 4.50.